The molecule has 0 saturated heterocycles. The number of benzene rings is 14. The van der Waals surface area contributed by atoms with Crippen LogP contribution in [-0.4, -0.2) is 10.5 Å². The Labute approximate surface area is 533 Å². The Balaban J connectivity index is 0.000000174. The predicted molar refractivity (Wildman–Crippen MR) is 390 cm³/mol. The molecule has 0 amide bonds. The Morgan fingerprint density at radius 1 is 0.303 bits per heavy atom. The van der Waals surface area contributed by atoms with Crippen molar-refractivity contribution in [2.45, 2.75) is 6.92 Å². The van der Waals surface area contributed by atoms with Gasteiger partial charge in [0.1, 0.15) is 0 Å². The molecular weight excluding hydrogens is 1120 g/mol. The van der Waals surface area contributed by atoms with E-state index in [2.05, 4.69) is 406 Å². The second-order valence-electron chi connectivity index (χ2n) is 21.2. The van der Waals surface area contributed by atoms with Crippen LogP contribution < -0.4 is 19.6 Å². The molecule has 0 bridgehead atoms. The van der Waals surface area contributed by atoms with Crippen LogP contribution in [0.3, 0.4) is 0 Å². The van der Waals surface area contributed by atoms with Crippen molar-refractivity contribution < 1.29 is 0 Å². The first-order chi connectivity index (χ1) is 44.9. The lowest BCUT2D eigenvalue weighted by Crippen LogP contribution is -2.10. The van der Waals surface area contributed by atoms with Crippen molar-refractivity contribution in [1.82, 2.24) is 0 Å². The largest absolute Gasteiger partial charge is 0.344 e. The molecule has 0 aliphatic heterocycles. The minimum Gasteiger partial charge on any atom is -0.344 e. The van der Waals surface area contributed by atoms with E-state index in [1.165, 1.54) is 49.4 Å². The number of rotatable bonds is 14. The van der Waals surface area contributed by atoms with Crippen LogP contribution in [0.1, 0.15) is 5.56 Å². The maximum atomic E-state index is 5.90. The topological polar surface area (TPSA) is 25.3 Å². The van der Waals surface area contributed by atoms with Crippen LogP contribution in [-0.2, 0) is 0 Å². The fraction of sp³-hybridized carbons (Fsp3) is 0.0123. The van der Waals surface area contributed by atoms with Crippen molar-refractivity contribution in [3.05, 3.63) is 363 Å². The third kappa shape index (κ3) is 14.0. The van der Waals surface area contributed by atoms with Crippen molar-refractivity contribution in [1.29, 1.82) is 2.56 Å². The molecule has 0 heterocycles. The third-order valence-corrected chi connectivity index (χ3v) is 15.5. The summed E-state index contributed by atoms with van der Waals surface area (Å²) in [6.07, 6.45) is 0. The van der Waals surface area contributed by atoms with Crippen LogP contribution >= 0.6 is 18.8 Å². The lowest BCUT2D eigenvalue weighted by Gasteiger charge is -2.27. The summed E-state index contributed by atoms with van der Waals surface area (Å²) >= 11 is 0. The number of anilines is 12. The summed E-state index contributed by atoms with van der Waals surface area (Å²) in [7, 11) is 6.56. The van der Waals surface area contributed by atoms with E-state index in [1.807, 2.05) is 0 Å². The molecule has 0 spiro atoms. The molecule has 0 aliphatic carbocycles. The van der Waals surface area contributed by atoms with E-state index in [1.54, 1.807) is 0 Å². The predicted octanol–water partition coefficient (Wildman–Crippen LogP) is 23.7. The Bertz CT molecular complexity index is 4340. The molecule has 14 aromatic rings. The van der Waals surface area contributed by atoms with E-state index in [0.29, 0.717) is 0 Å². The van der Waals surface area contributed by atoms with Crippen molar-refractivity contribution >= 4 is 117 Å². The molecule has 14 rings (SSSR count). The van der Waals surface area contributed by atoms with Crippen molar-refractivity contribution in [3.8, 4) is 22.3 Å². The molecule has 5 nitrogen and oxygen atoms in total. The van der Waals surface area contributed by atoms with E-state index >= 15 is 0 Å². The van der Waals surface area contributed by atoms with Gasteiger partial charge in [-0.05, 0) is 188 Å². The lowest BCUT2D eigenvalue weighted by atomic mass is 10.0. The summed E-state index contributed by atoms with van der Waals surface area (Å²) in [5.74, 6) is 0. The molecule has 0 fully saturated rings. The molecular formula is C81H66BN5P2. The Morgan fingerprint density at radius 3 is 0.843 bits per heavy atom. The van der Waals surface area contributed by atoms with Gasteiger partial charge in [0.25, 0.3) is 7.98 Å². The van der Waals surface area contributed by atoms with Crippen molar-refractivity contribution in [3.63, 3.8) is 0 Å². The average molecular weight is 1190 g/mol. The number of aryl methyl sites for hydroxylation is 1. The quantitative estimate of drug-likeness (QED) is 0.0800. The lowest BCUT2D eigenvalue weighted by molar-refractivity contribution is 1.27. The van der Waals surface area contributed by atoms with Crippen LogP contribution in [0.4, 0.5) is 68.2 Å². The van der Waals surface area contributed by atoms with Gasteiger partial charge in [0, 0.05) is 67.6 Å². The maximum Gasteiger partial charge on any atom is 0.265 e. The molecule has 8 heteroatoms. The van der Waals surface area contributed by atoms with Crippen molar-refractivity contribution in [2.24, 2.45) is 4.66 Å². The maximum absolute atomic E-state index is 5.90. The van der Waals surface area contributed by atoms with E-state index in [-0.39, 0.29) is 0 Å². The van der Waals surface area contributed by atoms with E-state index in [9.17, 15) is 0 Å². The summed E-state index contributed by atoms with van der Waals surface area (Å²) in [5.41, 5.74) is 19.6. The highest BCUT2D eigenvalue weighted by atomic mass is 31.0. The van der Waals surface area contributed by atoms with Gasteiger partial charge in [0.2, 0.25) is 0 Å². The molecule has 0 aliphatic rings. The second-order valence-corrected chi connectivity index (χ2v) is 21.4. The van der Waals surface area contributed by atoms with Crippen LogP contribution in [0.15, 0.2) is 363 Å². The number of hydrogen-bond acceptors (Lipinski definition) is 5. The van der Waals surface area contributed by atoms with Crippen molar-refractivity contribution in [2.75, 3.05) is 19.6 Å². The minimum atomic E-state index is -0.417. The zero-order valence-electron chi connectivity index (χ0n) is 51.4. The highest BCUT2D eigenvalue weighted by Gasteiger charge is 2.19. The second kappa shape index (κ2) is 29.2. The summed E-state index contributed by atoms with van der Waals surface area (Å²) in [6.45, 7) is 2.14. The molecule has 1 atom stereocenters. The number of nitrogens with zero attached hydrogens (tertiary/aromatic N) is 5. The molecule has 0 N–H and O–H groups in total. The van der Waals surface area contributed by atoms with E-state index in [0.717, 1.165) is 68.2 Å². The van der Waals surface area contributed by atoms with Crippen LogP contribution in [0.5, 0.6) is 0 Å². The fourth-order valence-corrected chi connectivity index (χ4v) is 11.4. The summed E-state index contributed by atoms with van der Waals surface area (Å²) in [6, 6.07) is 127. The zero-order chi connectivity index (χ0) is 62.6. The van der Waals surface area contributed by atoms with Crippen LogP contribution in [0.2, 0.25) is 0 Å². The summed E-state index contributed by atoms with van der Waals surface area (Å²) in [4.78, 5) is 9.28. The van der Waals surface area contributed by atoms with Gasteiger partial charge in [-0.3, -0.25) is 0 Å². The van der Waals surface area contributed by atoms with Gasteiger partial charge in [-0.2, -0.15) is 9.79 Å². The Kier molecular flexibility index (Phi) is 18.8. The SMILES string of the molecule is Cc1cccc(N(c2ccccc2)c2ccc(-c3ccc(N(c4ccccc4)c4ccccc4)cc3)cc2)c1.[2H]P[3H].[B]N=P.c1ccc(N(c2ccc(-c3ccc(N(c4ccccc4)c4cccc5ccccc45)cc3)cc2)c2cccc3ccccc23)cc1. The Morgan fingerprint density at radius 2 is 0.528 bits per heavy atom. The molecule has 428 valence electrons. The molecule has 2 radical (unpaired) electrons. The third-order valence-electron chi connectivity index (χ3n) is 15.5. The standard InChI is InChI=1S/C44H32N2.C37H30N2.BHNP.H3P/c1-3-17-37(18-4-1)45(43-23-11-15-35-13-7-9-21-41(35)43)39-29-25-33(26-30-39)34-27-31-40(32-28-34)46(38-19-5-2-6-20-38)44-24-12-16-36-14-8-10-22-42(36)44;1-29-12-11-19-37(28-29)39(34-17-9-4-10-18-34)36-26-22-31(23-27-36)30-20-24-35(25-21-30)38(32-13-5-2-6-14-32)33-15-7-3-8-16-33;1-2-3;/h1-32H;2-28H,1H3;3H;1H3/i;;;1TD. The van der Waals surface area contributed by atoms with E-state index < -0.39 is 9.79 Å². The minimum absolute atomic E-state index is 0.417. The molecule has 14 aromatic carbocycles. The molecule has 89 heavy (non-hydrogen) atoms. The summed E-state index contributed by atoms with van der Waals surface area (Å²) < 4.78 is 14.6. The smallest absolute Gasteiger partial charge is 0.265 e. The monoisotopic (exact) mass is 1180 g/mol. The van der Waals surface area contributed by atoms with Gasteiger partial charge in [0.15, 0.2) is 0 Å². The average Bonchev–Trinajstić information content (AvgIpc) is 1.11. The van der Waals surface area contributed by atoms with Gasteiger partial charge < -0.3 is 24.3 Å². The van der Waals surface area contributed by atoms with Crippen LogP contribution in [0.25, 0.3) is 43.8 Å². The first-order valence-electron chi connectivity index (χ1n) is 30.5. The summed E-state index contributed by atoms with van der Waals surface area (Å²) in [5, 5.41) is 4.90. The van der Waals surface area contributed by atoms with Gasteiger partial charge in [-0.25, -0.2) is 0 Å². The fourth-order valence-electron chi connectivity index (χ4n) is 11.4. The first-order valence-corrected chi connectivity index (χ1v) is 29.9. The zero-order valence-corrected chi connectivity index (χ0v) is 51.4. The first kappa shape index (κ1) is 57.5. The highest BCUT2D eigenvalue weighted by Crippen LogP contribution is 2.43. The Hall–Kier alpha value is -10.6. The van der Waals surface area contributed by atoms with E-state index in [4.69, 9.17) is 2.56 Å². The normalized spacial score (nSPS) is 10.9. The highest BCUT2D eigenvalue weighted by molar-refractivity contribution is 7.05. The van der Waals surface area contributed by atoms with Gasteiger partial charge >= 0.3 is 0 Å². The number of para-hydroxylation sites is 5. The van der Waals surface area contributed by atoms with Gasteiger partial charge in [-0.1, -0.05) is 224 Å². The number of fused-ring (bicyclic) bond motifs is 2. The molecule has 1 unspecified atom stereocenters. The molecule has 0 aromatic heterocycles. The number of hydrogen-bond donors (Lipinski definition) is 0. The van der Waals surface area contributed by atoms with Gasteiger partial charge in [-0.15, -0.1) is 0 Å². The molecule has 0 saturated carbocycles. The van der Waals surface area contributed by atoms with Crippen LogP contribution in [0, 0.1) is 6.92 Å². The van der Waals surface area contributed by atoms with Gasteiger partial charge in [0.05, 0.1) is 13.9 Å².